The molecule has 106 valence electrons. The van der Waals surface area contributed by atoms with E-state index < -0.39 is 0 Å². The topological polar surface area (TPSA) is 51.2 Å². The quantitative estimate of drug-likeness (QED) is 0.876. The lowest BCUT2D eigenvalue weighted by Crippen LogP contribution is -2.07. The van der Waals surface area contributed by atoms with Gasteiger partial charge in [-0.3, -0.25) is 0 Å². The molecule has 0 aliphatic heterocycles. The van der Waals surface area contributed by atoms with Gasteiger partial charge in [0.1, 0.15) is 0 Å². The van der Waals surface area contributed by atoms with Crippen LogP contribution < -0.4 is 5.32 Å². The first-order chi connectivity index (χ1) is 9.52. The fourth-order valence-electron chi connectivity index (χ4n) is 2.07. The largest absolute Gasteiger partial charge is 0.465 e. The Labute approximate surface area is 122 Å². The van der Waals surface area contributed by atoms with Gasteiger partial charge in [0, 0.05) is 10.6 Å². The van der Waals surface area contributed by atoms with Crippen LogP contribution in [0.5, 0.6) is 0 Å². The number of ether oxygens (including phenoxy) is 1. The molecule has 0 saturated heterocycles. The van der Waals surface area contributed by atoms with Gasteiger partial charge in [0.05, 0.1) is 29.9 Å². The molecular weight excluding hydrogens is 272 g/mol. The molecule has 4 nitrogen and oxygen atoms in total. The van der Waals surface area contributed by atoms with Crippen molar-refractivity contribution in [1.29, 1.82) is 0 Å². The molecule has 0 fully saturated rings. The van der Waals surface area contributed by atoms with Crippen molar-refractivity contribution in [3.63, 3.8) is 0 Å². The monoisotopic (exact) mass is 290 g/mol. The minimum atomic E-state index is -0.309. The van der Waals surface area contributed by atoms with Crippen LogP contribution in [0.25, 0.3) is 0 Å². The molecule has 20 heavy (non-hydrogen) atoms. The van der Waals surface area contributed by atoms with Crippen LogP contribution in [0.4, 0.5) is 5.69 Å². The summed E-state index contributed by atoms with van der Waals surface area (Å²) in [4.78, 5) is 17.3. The predicted octanol–water partition coefficient (Wildman–Crippen LogP) is 3.47. The van der Waals surface area contributed by atoms with E-state index in [9.17, 15) is 4.79 Å². The highest BCUT2D eigenvalue weighted by molar-refractivity contribution is 7.11. The Balaban J connectivity index is 2.18. The first kappa shape index (κ1) is 14.5. The number of aromatic nitrogens is 1. The lowest BCUT2D eigenvalue weighted by molar-refractivity contribution is 0.0600. The highest BCUT2D eigenvalue weighted by atomic mass is 32.1. The van der Waals surface area contributed by atoms with Crippen LogP contribution in [0.3, 0.4) is 0 Å². The Bertz CT molecular complexity index is 635. The van der Waals surface area contributed by atoms with Gasteiger partial charge in [-0.25, -0.2) is 9.78 Å². The van der Waals surface area contributed by atoms with Crippen molar-refractivity contribution in [3.05, 3.63) is 44.9 Å². The van der Waals surface area contributed by atoms with Gasteiger partial charge in [0.25, 0.3) is 0 Å². The maximum Gasteiger partial charge on any atom is 0.338 e. The molecule has 0 unspecified atom stereocenters. The van der Waals surface area contributed by atoms with Gasteiger partial charge >= 0.3 is 5.97 Å². The Morgan fingerprint density at radius 1 is 1.35 bits per heavy atom. The average Bonchev–Trinajstić information content (AvgIpc) is 2.75. The number of methoxy groups -OCH3 is 1. The van der Waals surface area contributed by atoms with Crippen LogP contribution in [-0.4, -0.2) is 18.1 Å². The summed E-state index contributed by atoms with van der Waals surface area (Å²) in [5.74, 6) is -0.309. The molecule has 1 aromatic heterocycles. The first-order valence-corrected chi connectivity index (χ1v) is 7.19. The summed E-state index contributed by atoms with van der Waals surface area (Å²) in [6, 6.07) is 5.59. The number of rotatable bonds is 4. The minimum Gasteiger partial charge on any atom is -0.465 e. The van der Waals surface area contributed by atoms with Gasteiger partial charge in [-0.1, -0.05) is 6.07 Å². The summed E-state index contributed by atoms with van der Waals surface area (Å²) in [5.41, 5.74) is 3.49. The van der Waals surface area contributed by atoms with E-state index in [0.717, 1.165) is 22.0 Å². The summed E-state index contributed by atoms with van der Waals surface area (Å²) < 4.78 is 4.78. The minimum absolute atomic E-state index is 0.309. The smallest absolute Gasteiger partial charge is 0.338 e. The zero-order valence-corrected chi connectivity index (χ0v) is 12.9. The number of thiazole rings is 1. The van der Waals surface area contributed by atoms with E-state index >= 15 is 0 Å². The summed E-state index contributed by atoms with van der Waals surface area (Å²) in [6.45, 7) is 6.64. The molecule has 5 heteroatoms. The van der Waals surface area contributed by atoms with Crippen molar-refractivity contribution < 1.29 is 9.53 Å². The standard InChI is InChI=1S/C15H18N2O2S/c1-9-12(15(18)19-4)6-5-7-13(9)16-8-14-10(2)17-11(3)20-14/h5-7,16H,8H2,1-4H3. The third kappa shape index (κ3) is 2.99. The molecule has 2 rings (SSSR count). The number of hydrogen-bond acceptors (Lipinski definition) is 5. The van der Waals surface area contributed by atoms with Gasteiger partial charge in [-0.15, -0.1) is 11.3 Å². The average molecular weight is 290 g/mol. The van der Waals surface area contributed by atoms with Crippen LogP contribution in [0.2, 0.25) is 0 Å². The lowest BCUT2D eigenvalue weighted by Gasteiger charge is -2.11. The second-order valence-electron chi connectivity index (χ2n) is 4.56. The van der Waals surface area contributed by atoms with Gasteiger partial charge in [0.2, 0.25) is 0 Å². The van der Waals surface area contributed by atoms with E-state index in [1.54, 1.807) is 17.4 Å². The van der Waals surface area contributed by atoms with Crippen LogP contribution in [0.15, 0.2) is 18.2 Å². The van der Waals surface area contributed by atoms with E-state index in [-0.39, 0.29) is 5.97 Å². The summed E-state index contributed by atoms with van der Waals surface area (Å²) in [7, 11) is 1.39. The Morgan fingerprint density at radius 3 is 2.70 bits per heavy atom. The van der Waals surface area contributed by atoms with E-state index in [1.807, 2.05) is 32.9 Å². The molecule has 0 radical (unpaired) electrons. The SMILES string of the molecule is COC(=O)c1cccc(NCc2sc(C)nc2C)c1C. The molecule has 0 aliphatic rings. The lowest BCUT2D eigenvalue weighted by atomic mass is 10.1. The van der Waals surface area contributed by atoms with E-state index in [2.05, 4.69) is 10.3 Å². The van der Waals surface area contributed by atoms with Gasteiger partial charge in [-0.05, 0) is 38.5 Å². The van der Waals surface area contributed by atoms with Gasteiger partial charge in [-0.2, -0.15) is 0 Å². The summed E-state index contributed by atoms with van der Waals surface area (Å²) in [5, 5.41) is 4.43. The molecule has 0 amide bonds. The molecule has 1 N–H and O–H groups in total. The number of nitrogens with zero attached hydrogens (tertiary/aromatic N) is 1. The molecule has 1 heterocycles. The van der Waals surface area contributed by atoms with Crippen LogP contribution in [0, 0.1) is 20.8 Å². The van der Waals surface area contributed by atoms with Crippen molar-refractivity contribution in [2.45, 2.75) is 27.3 Å². The zero-order valence-electron chi connectivity index (χ0n) is 12.1. The third-order valence-electron chi connectivity index (χ3n) is 3.18. The predicted molar refractivity (Wildman–Crippen MR) is 81.4 cm³/mol. The number of esters is 1. The first-order valence-electron chi connectivity index (χ1n) is 6.37. The second kappa shape index (κ2) is 6.05. The van der Waals surface area contributed by atoms with Crippen LogP contribution in [0.1, 0.15) is 31.5 Å². The van der Waals surface area contributed by atoms with Crippen molar-refractivity contribution in [2.75, 3.05) is 12.4 Å². The summed E-state index contributed by atoms with van der Waals surface area (Å²) >= 11 is 1.69. The maximum absolute atomic E-state index is 11.7. The van der Waals surface area contributed by atoms with Crippen LogP contribution >= 0.6 is 11.3 Å². The van der Waals surface area contributed by atoms with Crippen molar-refractivity contribution in [2.24, 2.45) is 0 Å². The Kier molecular flexibility index (Phi) is 4.39. The molecule has 0 atom stereocenters. The van der Waals surface area contributed by atoms with E-state index in [1.165, 1.54) is 12.0 Å². The third-order valence-corrected chi connectivity index (χ3v) is 4.25. The molecule has 0 bridgehead atoms. The summed E-state index contributed by atoms with van der Waals surface area (Å²) in [6.07, 6.45) is 0. The number of aryl methyl sites for hydroxylation is 2. The number of benzene rings is 1. The fourth-order valence-corrected chi connectivity index (χ4v) is 2.95. The number of hydrogen-bond donors (Lipinski definition) is 1. The normalized spacial score (nSPS) is 10.4. The number of carbonyl (C=O) groups is 1. The Morgan fingerprint density at radius 2 is 2.10 bits per heavy atom. The number of carbonyl (C=O) groups excluding carboxylic acids is 1. The maximum atomic E-state index is 11.7. The van der Waals surface area contributed by atoms with Crippen molar-refractivity contribution in [1.82, 2.24) is 4.98 Å². The molecule has 0 spiro atoms. The highest BCUT2D eigenvalue weighted by Crippen LogP contribution is 2.23. The van der Waals surface area contributed by atoms with E-state index in [0.29, 0.717) is 12.1 Å². The second-order valence-corrected chi connectivity index (χ2v) is 5.85. The van der Waals surface area contributed by atoms with E-state index in [4.69, 9.17) is 4.74 Å². The van der Waals surface area contributed by atoms with Crippen molar-refractivity contribution in [3.8, 4) is 0 Å². The Hall–Kier alpha value is -1.88. The number of nitrogens with one attached hydrogen (secondary N) is 1. The molecule has 0 aliphatic carbocycles. The highest BCUT2D eigenvalue weighted by Gasteiger charge is 2.12. The molecular formula is C15H18N2O2S. The number of anilines is 1. The molecule has 1 aromatic carbocycles. The van der Waals surface area contributed by atoms with Crippen LogP contribution in [-0.2, 0) is 11.3 Å². The van der Waals surface area contributed by atoms with Gasteiger partial charge < -0.3 is 10.1 Å². The fraction of sp³-hybridized carbons (Fsp3) is 0.333. The zero-order chi connectivity index (χ0) is 14.7. The van der Waals surface area contributed by atoms with Gasteiger partial charge in [0.15, 0.2) is 0 Å². The molecule has 0 saturated carbocycles. The molecule has 2 aromatic rings. The van der Waals surface area contributed by atoms with Crippen molar-refractivity contribution >= 4 is 23.0 Å².